The van der Waals surface area contributed by atoms with Crippen molar-refractivity contribution in [3.05, 3.63) is 72.0 Å². The molecule has 12 heteroatoms. The minimum absolute atomic E-state index is 0.0149. The van der Waals surface area contributed by atoms with E-state index >= 15 is 0 Å². The van der Waals surface area contributed by atoms with Gasteiger partial charge in [-0.1, -0.05) is 17.7 Å². The second-order valence-electron chi connectivity index (χ2n) is 7.98. The van der Waals surface area contributed by atoms with Gasteiger partial charge in [-0.25, -0.2) is 18.4 Å². The Hall–Kier alpha value is -2.96. The van der Waals surface area contributed by atoms with Gasteiger partial charge >= 0.3 is 0 Å². The molecule has 1 amide bonds. The van der Waals surface area contributed by atoms with E-state index in [2.05, 4.69) is 15.0 Å². The smallest absolute Gasteiger partial charge is 0.292 e. The van der Waals surface area contributed by atoms with Gasteiger partial charge in [0.2, 0.25) is 5.82 Å². The first kappa shape index (κ1) is 23.8. The molecule has 1 aliphatic heterocycles. The Balaban J connectivity index is 1.33. The number of halogens is 1. The number of carbonyl (C=O) groups excluding carboxylic acids is 1. The van der Waals surface area contributed by atoms with E-state index in [1.54, 1.807) is 49.1 Å². The Bertz CT molecular complexity index is 1480. The number of nitrogens with zero attached hydrogens (tertiary/aromatic N) is 5. The van der Waals surface area contributed by atoms with Gasteiger partial charge in [0.25, 0.3) is 15.9 Å². The van der Waals surface area contributed by atoms with E-state index in [0.29, 0.717) is 5.02 Å². The molecule has 1 atom stereocenters. The molecule has 1 unspecified atom stereocenters. The SMILES string of the molecule is O=C(c1ncc(-c2ccncc2)cn1)N1CCN(S(=O)(=O)c2cc3ccc(Cl)cc3s2)CC1CO. The van der Waals surface area contributed by atoms with Gasteiger partial charge in [0.1, 0.15) is 4.21 Å². The van der Waals surface area contributed by atoms with Crippen molar-refractivity contribution in [3.63, 3.8) is 0 Å². The number of rotatable bonds is 5. The van der Waals surface area contributed by atoms with Gasteiger partial charge in [-0.05, 0) is 41.3 Å². The number of aliphatic hydroxyl groups excluding tert-OH is 1. The lowest BCUT2D eigenvalue weighted by atomic mass is 10.1. The van der Waals surface area contributed by atoms with Crippen LogP contribution in [0.1, 0.15) is 10.6 Å². The molecule has 0 aliphatic carbocycles. The van der Waals surface area contributed by atoms with Gasteiger partial charge in [0.15, 0.2) is 0 Å². The Kier molecular flexibility index (Phi) is 6.51. The molecular weight excluding hydrogens is 510 g/mol. The zero-order chi connectivity index (χ0) is 24.6. The summed E-state index contributed by atoms with van der Waals surface area (Å²) in [6.07, 6.45) is 6.42. The summed E-state index contributed by atoms with van der Waals surface area (Å²) in [5, 5.41) is 11.3. The Labute approximate surface area is 210 Å². The molecule has 4 heterocycles. The Morgan fingerprint density at radius 3 is 2.54 bits per heavy atom. The number of thiophene rings is 1. The maximum absolute atomic E-state index is 13.3. The normalized spacial score (nSPS) is 17.1. The first-order valence-electron chi connectivity index (χ1n) is 10.7. The molecule has 0 bridgehead atoms. The van der Waals surface area contributed by atoms with Gasteiger partial charge in [-0.3, -0.25) is 9.78 Å². The molecule has 5 rings (SSSR count). The number of benzene rings is 1. The van der Waals surface area contributed by atoms with E-state index in [4.69, 9.17) is 11.6 Å². The van der Waals surface area contributed by atoms with Crippen molar-refractivity contribution in [2.45, 2.75) is 10.3 Å². The van der Waals surface area contributed by atoms with Crippen molar-refractivity contribution >= 4 is 49.0 Å². The van der Waals surface area contributed by atoms with E-state index in [1.807, 2.05) is 12.1 Å². The van der Waals surface area contributed by atoms with Gasteiger partial charge in [0.05, 0.1) is 12.6 Å². The van der Waals surface area contributed by atoms with Crippen molar-refractivity contribution < 1.29 is 18.3 Å². The van der Waals surface area contributed by atoms with Crippen molar-refractivity contribution in [1.82, 2.24) is 24.2 Å². The molecule has 35 heavy (non-hydrogen) atoms. The average Bonchev–Trinajstić information content (AvgIpc) is 3.32. The lowest BCUT2D eigenvalue weighted by Crippen LogP contribution is -2.57. The first-order chi connectivity index (χ1) is 16.9. The molecule has 1 aliphatic rings. The highest BCUT2D eigenvalue weighted by molar-refractivity contribution is 7.91. The maximum atomic E-state index is 13.3. The summed E-state index contributed by atoms with van der Waals surface area (Å²) in [6.45, 7) is -0.228. The minimum Gasteiger partial charge on any atom is -0.394 e. The van der Waals surface area contributed by atoms with E-state index in [9.17, 15) is 18.3 Å². The molecule has 1 N–H and O–H groups in total. The number of carbonyl (C=O) groups is 1. The number of aromatic nitrogens is 3. The predicted octanol–water partition coefficient (Wildman–Crippen LogP) is 2.91. The zero-order valence-electron chi connectivity index (χ0n) is 18.3. The summed E-state index contributed by atoms with van der Waals surface area (Å²) < 4.78 is 28.9. The standard InChI is InChI=1S/C23H20ClN5O4S2/c24-18-2-1-16-9-21(34-20(16)10-18)35(32,33)28-7-8-29(19(13-28)14-30)23(31)22-26-11-17(12-27-22)15-3-5-25-6-4-15/h1-6,9-12,19,30H,7-8,13-14H2. The van der Waals surface area contributed by atoms with E-state index < -0.39 is 28.6 Å². The summed E-state index contributed by atoms with van der Waals surface area (Å²) in [7, 11) is -3.81. The van der Waals surface area contributed by atoms with Crippen molar-refractivity contribution in [3.8, 4) is 11.1 Å². The quantitative estimate of drug-likeness (QED) is 0.422. The molecule has 3 aromatic heterocycles. The third-order valence-electron chi connectivity index (χ3n) is 5.83. The molecule has 0 saturated carbocycles. The molecule has 0 spiro atoms. The van der Waals surface area contributed by atoms with Crippen LogP contribution in [-0.4, -0.2) is 75.9 Å². The van der Waals surface area contributed by atoms with Crippen molar-refractivity contribution in [2.75, 3.05) is 26.2 Å². The summed E-state index contributed by atoms with van der Waals surface area (Å²) in [6, 6.07) is 9.74. The third kappa shape index (κ3) is 4.65. The van der Waals surface area contributed by atoms with Crippen LogP contribution < -0.4 is 0 Å². The average molecular weight is 530 g/mol. The maximum Gasteiger partial charge on any atom is 0.292 e. The van der Waals surface area contributed by atoms with E-state index in [0.717, 1.165) is 32.5 Å². The molecule has 9 nitrogen and oxygen atoms in total. The number of piperazine rings is 1. The summed E-state index contributed by atoms with van der Waals surface area (Å²) in [5.74, 6) is -0.474. The van der Waals surface area contributed by atoms with E-state index in [-0.39, 0.29) is 29.7 Å². The molecular formula is C23H20ClN5O4S2. The summed E-state index contributed by atoms with van der Waals surface area (Å²) in [5.41, 5.74) is 1.61. The van der Waals surface area contributed by atoms with Gasteiger partial charge in [-0.15, -0.1) is 11.3 Å². The number of hydrogen-bond acceptors (Lipinski definition) is 8. The molecule has 0 radical (unpaired) electrons. The monoisotopic (exact) mass is 529 g/mol. The number of hydrogen-bond donors (Lipinski definition) is 1. The zero-order valence-corrected chi connectivity index (χ0v) is 20.7. The van der Waals surface area contributed by atoms with Crippen LogP contribution in [0.15, 0.2) is 65.4 Å². The first-order valence-corrected chi connectivity index (χ1v) is 13.3. The van der Waals surface area contributed by atoms with Gasteiger partial charge < -0.3 is 10.0 Å². The molecule has 180 valence electrons. The minimum atomic E-state index is -3.81. The number of aliphatic hydroxyl groups is 1. The second kappa shape index (κ2) is 9.59. The fourth-order valence-electron chi connectivity index (χ4n) is 3.96. The predicted molar refractivity (Wildman–Crippen MR) is 133 cm³/mol. The second-order valence-corrected chi connectivity index (χ2v) is 11.7. The molecule has 1 aromatic carbocycles. The highest BCUT2D eigenvalue weighted by Crippen LogP contribution is 2.33. The highest BCUT2D eigenvalue weighted by atomic mass is 35.5. The van der Waals surface area contributed by atoms with Crippen LogP contribution in [0.3, 0.4) is 0 Å². The lowest BCUT2D eigenvalue weighted by Gasteiger charge is -2.39. The van der Waals surface area contributed by atoms with Crippen molar-refractivity contribution in [1.29, 1.82) is 0 Å². The Morgan fingerprint density at radius 2 is 1.83 bits per heavy atom. The number of sulfonamides is 1. The van der Waals surface area contributed by atoms with E-state index in [1.165, 1.54) is 9.21 Å². The lowest BCUT2D eigenvalue weighted by molar-refractivity contribution is 0.0428. The van der Waals surface area contributed by atoms with Crippen LogP contribution in [0.2, 0.25) is 5.02 Å². The highest BCUT2D eigenvalue weighted by Gasteiger charge is 2.37. The van der Waals surface area contributed by atoms with Crippen LogP contribution in [0, 0.1) is 0 Å². The van der Waals surface area contributed by atoms with Crippen LogP contribution in [0.25, 0.3) is 21.2 Å². The summed E-state index contributed by atoms with van der Waals surface area (Å²) >= 11 is 7.18. The van der Waals surface area contributed by atoms with Crippen LogP contribution in [-0.2, 0) is 10.0 Å². The number of pyridine rings is 1. The third-order valence-corrected chi connectivity index (χ3v) is 9.47. The van der Waals surface area contributed by atoms with Crippen LogP contribution >= 0.6 is 22.9 Å². The largest absolute Gasteiger partial charge is 0.394 e. The van der Waals surface area contributed by atoms with Crippen molar-refractivity contribution in [2.24, 2.45) is 0 Å². The fourth-order valence-corrected chi connectivity index (χ4v) is 7.26. The van der Waals surface area contributed by atoms with Gasteiger partial charge in [-0.2, -0.15) is 4.31 Å². The molecule has 1 fully saturated rings. The molecule has 4 aromatic rings. The topological polar surface area (TPSA) is 117 Å². The number of fused-ring (bicyclic) bond motifs is 1. The summed E-state index contributed by atoms with van der Waals surface area (Å²) in [4.78, 5) is 26.9. The van der Waals surface area contributed by atoms with Gasteiger partial charge in [0, 0.05) is 59.7 Å². The Morgan fingerprint density at radius 1 is 1.09 bits per heavy atom. The molecule has 1 saturated heterocycles. The number of amides is 1. The van der Waals surface area contributed by atoms with Crippen LogP contribution in [0.4, 0.5) is 0 Å². The van der Waals surface area contributed by atoms with Crippen LogP contribution in [0.5, 0.6) is 0 Å². The fraction of sp³-hybridized carbons (Fsp3) is 0.217.